The van der Waals surface area contributed by atoms with E-state index in [1.807, 2.05) is 14.0 Å². The molecule has 0 aromatic heterocycles. The van der Waals surface area contributed by atoms with E-state index in [1.165, 1.54) is 0 Å². The molecule has 2 N–H and O–H groups in total. The Morgan fingerprint density at radius 1 is 1.31 bits per heavy atom. The van der Waals surface area contributed by atoms with Gasteiger partial charge in [0.25, 0.3) is 0 Å². The van der Waals surface area contributed by atoms with Crippen molar-refractivity contribution in [3.8, 4) is 0 Å². The first-order valence-corrected chi connectivity index (χ1v) is 5.63. The Morgan fingerprint density at radius 2 is 1.94 bits per heavy atom. The van der Waals surface area contributed by atoms with Crippen LogP contribution >= 0.6 is 0 Å². The lowest BCUT2D eigenvalue weighted by Gasteiger charge is -2.20. The summed E-state index contributed by atoms with van der Waals surface area (Å²) < 4.78 is 0. The summed E-state index contributed by atoms with van der Waals surface area (Å²) in [6.07, 6.45) is 1.35. The van der Waals surface area contributed by atoms with Crippen LogP contribution in [-0.4, -0.2) is 50.9 Å². The summed E-state index contributed by atoms with van der Waals surface area (Å²) in [5, 5.41) is 5.57. The van der Waals surface area contributed by atoms with Gasteiger partial charge >= 0.3 is 0 Å². The van der Waals surface area contributed by atoms with Crippen molar-refractivity contribution in [1.82, 2.24) is 15.5 Å². The van der Waals surface area contributed by atoms with E-state index in [-0.39, 0.29) is 17.7 Å². The minimum absolute atomic E-state index is 0.0325. The van der Waals surface area contributed by atoms with Crippen molar-refractivity contribution in [3.63, 3.8) is 0 Å². The second-order valence-electron chi connectivity index (χ2n) is 4.00. The van der Waals surface area contributed by atoms with Gasteiger partial charge in [0.2, 0.25) is 11.8 Å². The number of hydrogen-bond donors (Lipinski definition) is 2. The minimum Gasteiger partial charge on any atom is -0.359 e. The molecule has 0 bridgehead atoms. The van der Waals surface area contributed by atoms with Crippen molar-refractivity contribution >= 4 is 11.8 Å². The van der Waals surface area contributed by atoms with Gasteiger partial charge in [0.05, 0.1) is 5.92 Å². The van der Waals surface area contributed by atoms with Crippen LogP contribution in [0.15, 0.2) is 0 Å². The zero-order valence-corrected chi connectivity index (χ0v) is 10.7. The van der Waals surface area contributed by atoms with Crippen molar-refractivity contribution in [1.29, 1.82) is 0 Å². The number of rotatable bonds is 7. The number of nitrogens with one attached hydrogen (secondary N) is 2. The molecule has 0 radical (unpaired) electrons. The van der Waals surface area contributed by atoms with E-state index in [0.29, 0.717) is 13.0 Å². The van der Waals surface area contributed by atoms with E-state index < -0.39 is 0 Å². The molecule has 0 aromatic rings. The number of carbonyl (C=O) groups excluding carboxylic acids is 2. The van der Waals surface area contributed by atoms with Crippen LogP contribution in [0.1, 0.15) is 19.8 Å². The molecular formula is C11H23N3O2. The maximum absolute atomic E-state index is 11.6. The molecule has 0 aromatic carbocycles. The van der Waals surface area contributed by atoms with Crippen LogP contribution in [0, 0.1) is 5.92 Å². The Balaban J connectivity index is 3.90. The molecule has 5 nitrogen and oxygen atoms in total. The van der Waals surface area contributed by atoms with Gasteiger partial charge < -0.3 is 15.5 Å². The second kappa shape index (κ2) is 8.10. The van der Waals surface area contributed by atoms with Gasteiger partial charge in [-0.05, 0) is 20.0 Å². The third kappa shape index (κ3) is 5.70. The topological polar surface area (TPSA) is 61.4 Å². The Kier molecular flexibility index (Phi) is 7.54. The van der Waals surface area contributed by atoms with Crippen LogP contribution in [0.3, 0.4) is 0 Å². The fraction of sp³-hybridized carbons (Fsp3) is 0.818. The van der Waals surface area contributed by atoms with E-state index in [9.17, 15) is 9.59 Å². The lowest BCUT2D eigenvalue weighted by molar-refractivity contribution is -0.132. The lowest BCUT2D eigenvalue weighted by Crippen LogP contribution is -2.37. The minimum atomic E-state index is -0.164. The highest BCUT2D eigenvalue weighted by Gasteiger charge is 2.16. The summed E-state index contributed by atoms with van der Waals surface area (Å²) in [5.41, 5.74) is 0. The van der Waals surface area contributed by atoms with E-state index in [2.05, 4.69) is 10.6 Å². The lowest BCUT2D eigenvalue weighted by atomic mass is 10.1. The van der Waals surface area contributed by atoms with Gasteiger partial charge in [0.1, 0.15) is 0 Å². The highest BCUT2D eigenvalue weighted by Crippen LogP contribution is 2.01. The first-order valence-electron chi connectivity index (χ1n) is 5.63. The number of amides is 2. The molecule has 0 aliphatic rings. The first kappa shape index (κ1) is 14.9. The Bertz CT molecular complexity index is 231. The molecule has 16 heavy (non-hydrogen) atoms. The van der Waals surface area contributed by atoms with Crippen LogP contribution in [0.5, 0.6) is 0 Å². The molecule has 0 saturated heterocycles. The van der Waals surface area contributed by atoms with Crippen molar-refractivity contribution in [3.05, 3.63) is 0 Å². The highest BCUT2D eigenvalue weighted by atomic mass is 16.2. The van der Waals surface area contributed by atoms with Crippen LogP contribution in [-0.2, 0) is 9.59 Å². The molecule has 0 heterocycles. The van der Waals surface area contributed by atoms with Crippen LogP contribution < -0.4 is 10.6 Å². The molecule has 2 amide bonds. The number of hydrogen-bond acceptors (Lipinski definition) is 3. The van der Waals surface area contributed by atoms with Crippen molar-refractivity contribution < 1.29 is 9.59 Å². The zero-order valence-electron chi connectivity index (χ0n) is 10.7. The molecule has 0 fully saturated rings. The fourth-order valence-electron chi connectivity index (χ4n) is 1.45. The third-order valence-electron chi connectivity index (χ3n) is 2.48. The van der Waals surface area contributed by atoms with Gasteiger partial charge in [-0.15, -0.1) is 0 Å². The summed E-state index contributed by atoms with van der Waals surface area (Å²) in [7, 11) is 5.20. The summed E-state index contributed by atoms with van der Waals surface area (Å²) >= 11 is 0. The van der Waals surface area contributed by atoms with Gasteiger partial charge in [-0.25, -0.2) is 0 Å². The monoisotopic (exact) mass is 229 g/mol. The summed E-state index contributed by atoms with van der Waals surface area (Å²) in [6.45, 7) is 3.12. The average molecular weight is 229 g/mol. The third-order valence-corrected chi connectivity index (χ3v) is 2.48. The molecule has 0 saturated carbocycles. The molecule has 0 spiro atoms. The summed E-state index contributed by atoms with van der Waals surface area (Å²) in [4.78, 5) is 24.5. The smallest absolute Gasteiger partial charge is 0.224 e. The van der Waals surface area contributed by atoms with Gasteiger partial charge in [-0.2, -0.15) is 0 Å². The maximum atomic E-state index is 11.6. The molecule has 0 rings (SSSR count). The van der Waals surface area contributed by atoms with Crippen molar-refractivity contribution in [2.45, 2.75) is 19.8 Å². The molecular weight excluding hydrogens is 206 g/mol. The van der Waals surface area contributed by atoms with E-state index >= 15 is 0 Å². The van der Waals surface area contributed by atoms with Crippen LogP contribution in [0.25, 0.3) is 0 Å². The van der Waals surface area contributed by atoms with Crippen molar-refractivity contribution in [2.24, 2.45) is 5.92 Å². The van der Waals surface area contributed by atoms with E-state index in [0.717, 1.165) is 13.0 Å². The standard InChI is InChI=1S/C11H23N3O2/c1-9(11(16)13-3)8-14(4)10(15)6-5-7-12-2/h9,12H,5-8H2,1-4H3,(H,13,16). The maximum Gasteiger partial charge on any atom is 0.224 e. The summed E-state index contributed by atoms with van der Waals surface area (Å²) in [5.74, 6) is -0.107. The molecule has 0 aliphatic heterocycles. The van der Waals surface area contributed by atoms with E-state index in [4.69, 9.17) is 0 Å². The molecule has 1 unspecified atom stereocenters. The molecule has 0 aliphatic carbocycles. The fourth-order valence-corrected chi connectivity index (χ4v) is 1.45. The largest absolute Gasteiger partial charge is 0.359 e. The molecule has 1 atom stereocenters. The van der Waals surface area contributed by atoms with Gasteiger partial charge in [0.15, 0.2) is 0 Å². The van der Waals surface area contributed by atoms with Crippen LogP contribution in [0.2, 0.25) is 0 Å². The zero-order chi connectivity index (χ0) is 12.6. The van der Waals surface area contributed by atoms with E-state index in [1.54, 1.807) is 19.0 Å². The normalized spacial score (nSPS) is 12.0. The first-order chi connectivity index (χ1) is 7.52. The SMILES string of the molecule is CNCCCC(=O)N(C)CC(C)C(=O)NC. The number of carbonyl (C=O) groups is 2. The van der Waals surface area contributed by atoms with Crippen LogP contribution in [0.4, 0.5) is 0 Å². The predicted molar refractivity (Wildman–Crippen MR) is 64.0 cm³/mol. The van der Waals surface area contributed by atoms with Gasteiger partial charge in [-0.1, -0.05) is 6.92 Å². The van der Waals surface area contributed by atoms with Gasteiger partial charge in [-0.3, -0.25) is 9.59 Å². The molecule has 94 valence electrons. The van der Waals surface area contributed by atoms with Crippen molar-refractivity contribution in [2.75, 3.05) is 34.2 Å². The average Bonchev–Trinajstić information content (AvgIpc) is 2.27. The highest BCUT2D eigenvalue weighted by molar-refractivity contribution is 5.80. The summed E-state index contributed by atoms with van der Waals surface area (Å²) in [6, 6.07) is 0. The Hall–Kier alpha value is -1.10. The predicted octanol–water partition coefficient (Wildman–Crippen LogP) is -0.173. The second-order valence-corrected chi connectivity index (χ2v) is 4.00. The number of nitrogens with zero attached hydrogens (tertiary/aromatic N) is 1. The quantitative estimate of drug-likeness (QED) is 0.596. The Morgan fingerprint density at radius 3 is 2.44 bits per heavy atom. The Labute approximate surface area is 97.6 Å². The van der Waals surface area contributed by atoms with Gasteiger partial charge in [0, 0.05) is 27.1 Å². The molecule has 5 heteroatoms.